The summed E-state index contributed by atoms with van der Waals surface area (Å²) in [6.45, 7) is 0. The van der Waals surface area contributed by atoms with Crippen LogP contribution in [0.5, 0.6) is 0 Å². The molecule has 0 N–H and O–H groups in total. The van der Waals surface area contributed by atoms with Crippen molar-refractivity contribution in [2.24, 2.45) is 0 Å². The zero-order valence-corrected chi connectivity index (χ0v) is 6.37. The van der Waals surface area contributed by atoms with Crippen molar-refractivity contribution in [3.63, 3.8) is 0 Å². The summed E-state index contributed by atoms with van der Waals surface area (Å²) < 4.78 is 0. The molecule has 0 unspecified atom stereocenters. The molecule has 1 nitrogen and oxygen atoms in total. The van der Waals surface area contributed by atoms with Crippen LogP contribution in [0.3, 0.4) is 0 Å². The summed E-state index contributed by atoms with van der Waals surface area (Å²) in [4.78, 5) is 0. The van der Waals surface area contributed by atoms with Gasteiger partial charge in [0.25, 0.3) is 0 Å². The first-order chi connectivity index (χ1) is 4.72. The standard InChI is InChI=1S/C7H2Cl2N/c8-6-1-5(4-10)2-7(9)3-6/h1-2H. The first-order valence-corrected chi connectivity index (χ1v) is 3.26. The molecule has 0 saturated carbocycles. The molecule has 0 spiro atoms. The Bertz CT molecular complexity index is 268. The van der Waals surface area contributed by atoms with Crippen LogP contribution >= 0.6 is 23.2 Å². The van der Waals surface area contributed by atoms with Crippen molar-refractivity contribution >= 4 is 23.2 Å². The Kier molecular flexibility index (Phi) is 2.16. The van der Waals surface area contributed by atoms with E-state index in [2.05, 4.69) is 6.07 Å². The number of hydrogen-bond donors (Lipinski definition) is 0. The summed E-state index contributed by atoms with van der Waals surface area (Å²) in [6, 6.07) is 7.56. The zero-order valence-electron chi connectivity index (χ0n) is 4.86. The minimum Gasteiger partial charge on any atom is -0.192 e. The van der Waals surface area contributed by atoms with Gasteiger partial charge in [0.1, 0.15) is 0 Å². The minimum atomic E-state index is 0.365. The van der Waals surface area contributed by atoms with Crippen molar-refractivity contribution < 1.29 is 0 Å². The lowest BCUT2D eigenvalue weighted by Gasteiger charge is -1.90. The van der Waals surface area contributed by atoms with Crippen LogP contribution in [0, 0.1) is 17.4 Å². The van der Waals surface area contributed by atoms with Gasteiger partial charge in [-0.15, -0.1) is 0 Å². The Labute approximate surface area is 68.8 Å². The first kappa shape index (κ1) is 7.40. The van der Waals surface area contributed by atoms with Gasteiger partial charge in [0.05, 0.1) is 21.7 Å². The number of nitriles is 1. The van der Waals surface area contributed by atoms with Crippen molar-refractivity contribution in [2.75, 3.05) is 0 Å². The topological polar surface area (TPSA) is 23.8 Å². The number of halogens is 2. The summed E-state index contributed by atoms with van der Waals surface area (Å²) in [7, 11) is 0. The number of nitrogens with zero attached hydrogens (tertiary/aromatic N) is 1. The molecule has 0 aliphatic heterocycles. The second-order valence-electron chi connectivity index (χ2n) is 1.68. The third kappa shape index (κ3) is 1.63. The molecular formula is C7H2Cl2N. The van der Waals surface area contributed by atoms with Crippen molar-refractivity contribution in [1.29, 1.82) is 5.26 Å². The van der Waals surface area contributed by atoms with Gasteiger partial charge in [-0.25, -0.2) is 0 Å². The molecule has 0 atom stereocenters. The third-order valence-corrected chi connectivity index (χ3v) is 1.34. The van der Waals surface area contributed by atoms with E-state index < -0.39 is 0 Å². The van der Waals surface area contributed by atoms with E-state index in [1.54, 1.807) is 0 Å². The predicted octanol–water partition coefficient (Wildman–Crippen LogP) is 2.67. The van der Waals surface area contributed by atoms with E-state index in [9.17, 15) is 0 Å². The van der Waals surface area contributed by atoms with Crippen molar-refractivity contribution in [2.45, 2.75) is 0 Å². The first-order valence-electron chi connectivity index (χ1n) is 2.51. The average Bonchev–Trinajstić information content (AvgIpc) is 1.85. The summed E-state index contributed by atoms with van der Waals surface area (Å²) in [5.41, 5.74) is 0.453. The molecule has 1 rings (SSSR count). The van der Waals surface area contributed by atoms with Gasteiger partial charge in [0.15, 0.2) is 0 Å². The molecule has 1 aromatic rings. The molecule has 0 saturated heterocycles. The van der Waals surface area contributed by atoms with Gasteiger partial charge >= 0.3 is 0 Å². The molecule has 3 heteroatoms. The highest BCUT2D eigenvalue weighted by Crippen LogP contribution is 2.16. The second-order valence-corrected chi connectivity index (χ2v) is 2.49. The number of hydrogen-bond acceptors (Lipinski definition) is 1. The normalized spacial score (nSPS) is 8.90. The molecule has 1 aromatic carbocycles. The summed E-state index contributed by atoms with van der Waals surface area (Å²) in [5.74, 6) is 0. The molecule has 49 valence electrons. The van der Waals surface area contributed by atoms with E-state index in [0.717, 1.165) is 0 Å². The van der Waals surface area contributed by atoms with Crippen LogP contribution in [-0.4, -0.2) is 0 Å². The van der Waals surface area contributed by atoms with Crippen molar-refractivity contribution in [1.82, 2.24) is 0 Å². The van der Waals surface area contributed by atoms with Crippen LogP contribution < -0.4 is 0 Å². The molecule has 10 heavy (non-hydrogen) atoms. The Morgan fingerprint density at radius 2 is 1.80 bits per heavy atom. The molecule has 1 radical (unpaired) electrons. The smallest absolute Gasteiger partial charge is 0.0992 e. The van der Waals surface area contributed by atoms with Gasteiger partial charge in [0, 0.05) is 6.07 Å². The maximum absolute atomic E-state index is 8.41. The van der Waals surface area contributed by atoms with Gasteiger partial charge in [-0.1, -0.05) is 23.2 Å². The van der Waals surface area contributed by atoms with Crippen LogP contribution in [0.25, 0.3) is 0 Å². The van der Waals surface area contributed by atoms with Gasteiger partial charge < -0.3 is 0 Å². The van der Waals surface area contributed by atoms with Crippen LogP contribution in [0.4, 0.5) is 0 Å². The molecule has 0 aliphatic rings. The highest BCUT2D eigenvalue weighted by atomic mass is 35.5. The number of benzene rings is 1. The average molecular weight is 171 g/mol. The van der Waals surface area contributed by atoms with Crippen molar-refractivity contribution in [3.8, 4) is 6.07 Å². The van der Waals surface area contributed by atoms with Gasteiger partial charge in [0.2, 0.25) is 0 Å². The van der Waals surface area contributed by atoms with E-state index in [1.807, 2.05) is 6.07 Å². The number of rotatable bonds is 0. The van der Waals surface area contributed by atoms with Gasteiger partial charge in [-0.3, -0.25) is 0 Å². The largest absolute Gasteiger partial charge is 0.192 e. The monoisotopic (exact) mass is 170 g/mol. The molecule has 0 amide bonds. The van der Waals surface area contributed by atoms with Crippen LogP contribution in [0.1, 0.15) is 5.56 Å². The molecule has 0 bridgehead atoms. The maximum atomic E-state index is 8.41. The van der Waals surface area contributed by atoms with Gasteiger partial charge in [-0.2, -0.15) is 5.26 Å². The second kappa shape index (κ2) is 2.92. The Hall–Kier alpha value is -0.710. The maximum Gasteiger partial charge on any atom is 0.0992 e. The highest BCUT2D eigenvalue weighted by molar-refractivity contribution is 6.34. The SMILES string of the molecule is N#Cc1cc(Cl)[c]c(Cl)c1. The Morgan fingerprint density at radius 1 is 1.30 bits per heavy atom. The van der Waals surface area contributed by atoms with E-state index >= 15 is 0 Å². The lowest BCUT2D eigenvalue weighted by atomic mass is 10.2. The third-order valence-electron chi connectivity index (χ3n) is 0.932. The summed E-state index contributed by atoms with van der Waals surface area (Å²) >= 11 is 11.1. The van der Waals surface area contributed by atoms with Crippen LogP contribution in [0.2, 0.25) is 10.0 Å². The summed E-state index contributed by atoms with van der Waals surface area (Å²) in [5, 5.41) is 9.14. The Morgan fingerprint density at radius 3 is 2.20 bits per heavy atom. The Balaban J connectivity index is 3.22. The predicted molar refractivity (Wildman–Crippen MR) is 40.0 cm³/mol. The molecule has 0 aliphatic carbocycles. The lowest BCUT2D eigenvalue weighted by molar-refractivity contribution is 1.48. The summed E-state index contributed by atoms with van der Waals surface area (Å²) in [6.07, 6.45) is 0. The quantitative estimate of drug-likeness (QED) is 0.588. The van der Waals surface area contributed by atoms with E-state index in [4.69, 9.17) is 28.5 Å². The molecule has 0 aromatic heterocycles. The van der Waals surface area contributed by atoms with E-state index in [-0.39, 0.29) is 0 Å². The molecule has 0 fully saturated rings. The molecule has 0 heterocycles. The van der Waals surface area contributed by atoms with E-state index in [0.29, 0.717) is 15.6 Å². The van der Waals surface area contributed by atoms with Gasteiger partial charge in [-0.05, 0) is 12.1 Å². The minimum absolute atomic E-state index is 0.365. The van der Waals surface area contributed by atoms with Crippen LogP contribution in [-0.2, 0) is 0 Å². The zero-order chi connectivity index (χ0) is 7.56. The van der Waals surface area contributed by atoms with Crippen LogP contribution in [0.15, 0.2) is 12.1 Å². The van der Waals surface area contributed by atoms with E-state index in [1.165, 1.54) is 12.1 Å². The lowest BCUT2D eigenvalue weighted by Crippen LogP contribution is -1.73. The fourth-order valence-electron chi connectivity index (χ4n) is 0.566. The fourth-order valence-corrected chi connectivity index (χ4v) is 1.05. The highest BCUT2D eigenvalue weighted by Gasteiger charge is 1.95. The molecular weight excluding hydrogens is 169 g/mol. The fraction of sp³-hybridized carbons (Fsp3) is 0. The van der Waals surface area contributed by atoms with Crippen molar-refractivity contribution in [3.05, 3.63) is 33.8 Å².